The van der Waals surface area contributed by atoms with Crippen molar-refractivity contribution in [3.05, 3.63) is 76.7 Å². The van der Waals surface area contributed by atoms with Crippen LogP contribution in [0.25, 0.3) is 0 Å². The Kier molecular flexibility index (Phi) is 8.02. The van der Waals surface area contributed by atoms with Gasteiger partial charge >= 0.3 is 0 Å². The topological polar surface area (TPSA) is 128 Å². The Morgan fingerprint density at radius 2 is 1.68 bits per heavy atom. The Balaban J connectivity index is 1.52. The van der Waals surface area contributed by atoms with Gasteiger partial charge in [0.1, 0.15) is 18.1 Å². The molecule has 0 spiro atoms. The van der Waals surface area contributed by atoms with E-state index < -0.39 is 5.91 Å². The lowest BCUT2D eigenvalue weighted by atomic mass is 10.1. The summed E-state index contributed by atoms with van der Waals surface area (Å²) in [6.45, 7) is 6.61. The van der Waals surface area contributed by atoms with E-state index in [1.165, 1.54) is 0 Å². The number of rotatable bonds is 10. The monoisotopic (exact) mass is 464 g/mol. The van der Waals surface area contributed by atoms with Gasteiger partial charge in [-0.15, -0.1) is 0 Å². The number of hydrogen-bond donors (Lipinski definition) is 2. The molecule has 0 atom stereocenters. The predicted octanol–water partition coefficient (Wildman–Crippen LogP) is 3.46. The molecular weight excluding hydrogens is 436 g/mol. The molecule has 0 aliphatic carbocycles. The zero-order chi connectivity index (χ0) is 24.7. The number of nitrogens with one attached hydrogen (secondary N) is 1. The fourth-order valence-corrected chi connectivity index (χ4v) is 3.32. The van der Waals surface area contributed by atoms with E-state index in [2.05, 4.69) is 10.5 Å². The summed E-state index contributed by atoms with van der Waals surface area (Å²) in [5, 5.41) is 6.66. The SMILES string of the molecule is CCN(CCC(=O)Nc1ccc(C(N)=O)cc1)C(=O)c1ccc(OCc2c(C)noc2C)cc1. The van der Waals surface area contributed by atoms with Crippen molar-refractivity contribution in [1.82, 2.24) is 10.1 Å². The molecule has 0 fully saturated rings. The maximum absolute atomic E-state index is 12.9. The van der Waals surface area contributed by atoms with E-state index >= 15 is 0 Å². The third kappa shape index (κ3) is 6.22. The number of ether oxygens (including phenoxy) is 1. The Labute approximate surface area is 197 Å². The van der Waals surface area contributed by atoms with Gasteiger partial charge in [0.25, 0.3) is 5.91 Å². The van der Waals surface area contributed by atoms with Crippen LogP contribution in [0, 0.1) is 13.8 Å². The number of carbonyl (C=O) groups is 3. The molecule has 0 aliphatic heterocycles. The van der Waals surface area contributed by atoms with Crippen molar-refractivity contribution in [2.75, 3.05) is 18.4 Å². The molecule has 178 valence electrons. The average Bonchev–Trinajstić information content (AvgIpc) is 3.15. The van der Waals surface area contributed by atoms with Crippen LogP contribution >= 0.6 is 0 Å². The van der Waals surface area contributed by atoms with Gasteiger partial charge in [-0.25, -0.2) is 0 Å². The van der Waals surface area contributed by atoms with Crippen LogP contribution in [-0.4, -0.2) is 40.9 Å². The first-order valence-electron chi connectivity index (χ1n) is 10.9. The molecule has 3 amide bonds. The normalized spacial score (nSPS) is 10.6. The number of carbonyl (C=O) groups excluding carboxylic acids is 3. The van der Waals surface area contributed by atoms with Crippen molar-refractivity contribution in [2.24, 2.45) is 5.73 Å². The molecule has 0 saturated carbocycles. The molecule has 1 aromatic heterocycles. The number of nitrogens with two attached hydrogens (primary N) is 1. The molecule has 34 heavy (non-hydrogen) atoms. The van der Waals surface area contributed by atoms with Gasteiger partial charge in [0, 0.05) is 36.3 Å². The maximum Gasteiger partial charge on any atom is 0.253 e. The third-order valence-electron chi connectivity index (χ3n) is 5.40. The highest BCUT2D eigenvalue weighted by Crippen LogP contribution is 2.19. The molecular formula is C25H28N4O5. The maximum atomic E-state index is 12.9. The summed E-state index contributed by atoms with van der Waals surface area (Å²) in [5.41, 5.74) is 8.33. The average molecular weight is 465 g/mol. The van der Waals surface area contributed by atoms with Crippen LogP contribution in [0.1, 0.15) is 51.1 Å². The van der Waals surface area contributed by atoms with Crippen molar-refractivity contribution in [3.63, 3.8) is 0 Å². The van der Waals surface area contributed by atoms with Crippen LogP contribution in [-0.2, 0) is 11.4 Å². The zero-order valence-corrected chi connectivity index (χ0v) is 19.5. The molecule has 0 radical (unpaired) electrons. The van der Waals surface area contributed by atoms with Crippen molar-refractivity contribution in [1.29, 1.82) is 0 Å². The highest BCUT2D eigenvalue weighted by Gasteiger charge is 2.16. The summed E-state index contributed by atoms with van der Waals surface area (Å²) < 4.78 is 10.9. The van der Waals surface area contributed by atoms with Gasteiger partial charge in [-0.05, 0) is 69.3 Å². The Morgan fingerprint density at radius 3 is 2.24 bits per heavy atom. The van der Waals surface area contributed by atoms with Crippen LogP contribution in [0.5, 0.6) is 5.75 Å². The summed E-state index contributed by atoms with van der Waals surface area (Å²) in [7, 11) is 0. The smallest absolute Gasteiger partial charge is 0.253 e. The van der Waals surface area contributed by atoms with Gasteiger partial charge in [0.2, 0.25) is 11.8 Å². The van der Waals surface area contributed by atoms with Gasteiger partial charge in [-0.2, -0.15) is 0 Å². The summed E-state index contributed by atoms with van der Waals surface area (Å²) in [6.07, 6.45) is 0.135. The standard InChI is InChI=1S/C25H28N4O5/c1-4-29(14-13-23(30)27-20-9-5-18(6-10-20)24(26)31)25(32)19-7-11-21(12-8-19)33-15-22-16(2)28-34-17(22)3/h5-12H,4,13-15H2,1-3H3,(H2,26,31)(H,27,30). The van der Waals surface area contributed by atoms with E-state index in [0.717, 1.165) is 17.0 Å². The lowest BCUT2D eigenvalue weighted by molar-refractivity contribution is -0.116. The van der Waals surface area contributed by atoms with Crippen molar-refractivity contribution < 1.29 is 23.6 Å². The molecule has 1 heterocycles. The fraction of sp³-hybridized carbons (Fsp3) is 0.280. The number of hydrogen-bond acceptors (Lipinski definition) is 6. The van der Waals surface area contributed by atoms with E-state index in [-0.39, 0.29) is 24.8 Å². The van der Waals surface area contributed by atoms with E-state index in [9.17, 15) is 14.4 Å². The number of benzene rings is 2. The quantitative estimate of drug-likeness (QED) is 0.473. The summed E-state index contributed by atoms with van der Waals surface area (Å²) >= 11 is 0. The summed E-state index contributed by atoms with van der Waals surface area (Å²) in [6, 6.07) is 13.2. The molecule has 0 aliphatic rings. The van der Waals surface area contributed by atoms with E-state index in [4.69, 9.17) is 15.0 Å². The summed E-state index contributed by atoms with van der Waals surface area (Å²) in [5.74, 6) is 0.408. The second-order valence-corrected chi connectivity index (χ2v) is 7.74. The minimum Gasteiger partial charge on any atom is -0.489 e. The van der Waals surface area contributed by atoms with Crippen LogP contribution < -0.4 is 15.8 Å². The van der Waals surface area contributed by atoms with Crippen molar-refractivity contribution in [3.8, 4) is 5.75 Å². The van der Waals surface area contributed by atoms with Crippen LogP contribution in [0.2, 0.25) is 0 Å². The third-order valence-corrected chi connectivity index (χ3v) is 5.40. The largest absolute Gasteiger partial charge is 0.489 e. The van der Waals surface area contributed by atoms with Gasteiger partial charge in [0.15, 0.2) is 0 Å². The van der Waals surface area contributed by atoms with Gasteiger partial charge in [0.05, 0.1) is 11.3 Å². The lowest BCUT2D eigenvalue weighted by Gasteiger charge is -2.21. The molecule has 0 saturated heterocycles. The molecule has 0 bridgehead atoms. The molecule has 9 nitrogen and oxygen atoms in total. The molecule has 2 aromatic carbocycles. The van der Waals surface area contributed by atoms with E-state index in [1.54, 1.807) is 53.4 Å². The fourth-order valence-electron chi connectivity index (χ4n) is 3.32. The Morgan fingerprint density at radius 1 is 1.03 bits per heavy atom. The lowest BCUT2D eigenvalue weighted by Crippen LogP contribution is -2.33. The minimum atomic E-state index is -0.532. The van der Waals surface area contributed by atoms with Crippen LogP contribution in [0.3, 0.4) is 0 Å². The van der Waals surface area contributed by atoms with Crippen molar-refractivity contribution in [2.45, 2.75) is 33.8 Å². The first-order chi connectivity index (χ1) is 16.3. The zero-order valence-electron chi connectivity index (χ0n) is 19.5. The summed E-state index contributed by atoms with van der Waals surface area (Å²) in [4.78, 5) is 37.9. The van der Waals surface area contributed by atoms with Crippen LogP contribution in [0.4, 0.5) is 5.69 Å². The number of nitrogens with zero attached hydrogens (tertiary/aromatic N) is 2. The molecule has 3 N–H and O–H groups in total. The number of amides is 3. The Hall–Kier alpha value is -4.14. The number of primary amides is 1. The molecule has 3 rings (SSSR count). The highest BCUT2D eigenvalue weighted by molar-refractivity contribution is 5.96. The number of aryl methyl sites for hydroxylation is 2. The number of aromatic nitrogens is 1. The van der Waals surface area contributed by atoms with Crippen LogP contribution in [0.15, 0.2) is 53.1 Å². The first-order valence-corrected chi connectivity index (χ1v) is 10.9. The van der Waals surface area contributed by atoms with E-state index in [1.807, 2.05) is 20.8 Å². The van der Waals surface area contributed by atoms with Gasteiger partial charge in [-0.1, -0.05) is 5.16 Å². The second-order valence-electron chi connectivity index (χ2n) is 7.74. The first kappa shape index (κ1) is 24.5. The molecule has 9 heteroatoms. The second kappa shape index (κ2) is 11.1. The predicted molar refractivity (Wildman–Crippen MR) is 127 cm³/mol. The minimum absolute atomic E-state index is 0.135. The van der Waals surface area contributed by atoms with Crippen molar-refractivity contribution >= 4 is 23.4 Å². The van der Waals surface area contributed by atoms with E-state index in [0.29, 0.717) is 35.7 Å². The van der Waals surface area contributed by atoms with Gasteiger partial charge < -0.3 is 25.2 Å². The van der Waals surface area contributed by atoms with Gasteiger partial charge in [-0.3, -0.25) is 14.4 Å². The number of anilines is 1. The Bertz CT molecular complexity index is 1130. The molecule has 0 unspecified atom stereocenters. The molecule has 3 aromatic rings. The highest BCUT2D eigenvalue weighted by atomic mass is 16.5.